The van der Waals surface area contributed by atoms with Gasteiger partial charge >= 0.3 is 0 Å². The van der Waals surface area contributed by atoms with Gasteiger partial charge in [-0.25, -0.2) is 27.3 Å². The predicted molar refractivity (Wildman–Crippen MR) is 49.4 cm³/mol. The molecular weight excluding hydrogens is 230 g/mol. The van der Waals surface area contributed by atoms with Crippen LogP contribution in [0.5, 0.6) is 0 Å². The summed E-state index contributed by atoms with van der Waals surface area (Å²) in [5, 5.41) is 4.74. The predicted octanol–water partition coefficient (Wildman–Crippen LogP) is -0.169. The third-order valence-electron chi connectivity index (χ3n) is 1.65. The van der Waals surface area contributed by atoms with E-state index in [1.807, 2.05) is 0 Å². The summed E-state index contributed by atoms with van der Waals surface area (Å²) in [5.41, 5.74) is 9.00. The van der Waals surface area contributed by atoms with E-state index in [0.29, 0.717) is 6.20 Å². The van der Waals surface area contributed by atoms with Crippen LogP contribution in [0.2, 0.25) is 0 Å². The Balaban J connectivity index is 3.65. The normalized spacial score (nSPS) is 12.0. The summed E-state index contributed by atoms with van der Waals surface area (Å²) in [6.07, 6.45) is -2.41. The van der Waals surface area contributed by atoms with E-state index in [9.17, 15) is 17.2 Å². The van der Waals surface area contributed by atoms with E-state index in [1.165, 1.54) is 0 Å². The molecule has 0 saturated heterocycles. The van der Waals surface area contributed by atoms with Gasteiger partial charge in [0, 0.05) is 6.20 Å². The number of anilines is 2. The molecule has 0 spiro atoms. The molecule has 0 aliphatic rings. The van der Waals surface area contributed by atoms with Crippen molar-refractivity contribution in [2.75, 3.05) is 11.5 Å². The van der Waals surface area contributed by atoms with Gasteiger partial charge in [-0.2, -0.15) is 0 Å². The van der Waals surface area contributed by atoms with Crippen molar-refractivity contribution >= 4 is 21.5 Å². The molecule has 0 unspecified atom stereocenters. The van der Waals surface area contributed by atoms with E-state index in [4.69, 9.17) is 16.6 Å². The van der Waals surface area contributed by atoms with Crippen molar-refractivity contribution in [1.82, 2.24) is 4.98 Å². The monoisotopic (exact) mass is 238 g/mol. The van der Waals surface area contributed by atoms with Gasteiger partial charge in [0.15, 0.2) is 0 Å². The molecule has 0 bridgehead atoms. The molecule has 0 amide bonds. The molecule has 0 aliphatic heterocycles. The zero-order valence-corrected chi connectivity index (χ0v) is 8.13. The molecule has 0 aliphatic carbocycles. The first-order chi connectivity index (χ1) is 6.75. The quantitative estimate of drug-likeness (QED) is 0.659. The van der Waals surface area contributed by atoms with Crippen molar-refractivity contribution in [3.8, 4) is 0 Å². The standard InChI is InChI=1S/C6H8F2N4O2S/c7-5(8)2-1-12-6(10)3(9)4(2)15(11,13)14/h1,5H,9H2,(H2,10,12)(H2,11,13,14). The molecule has 0 aromatic carbocycles. The zero-order chi connectivity index (χ0) is 11.8. The molecule has 15 heavy (non-hydrogen) atoms. The van der Waals surface area contributed by atoms with Gasteiger partial charge in [-0.3, -0.25) is 0 Å². The summed E-state index contributed by atoms with van der Waals surface area (Å²) in [5.74, 6) is -0.358. The highest BCUT2D eigenvalue weighted by Crippen LogP contribution is 2.31. The molecule has 0 saturated carbocycles. The summed E-state index contributed by atoms with van der Waals surface area (Å²) in [6, 6.07) is 0. The van der Waals surface area contributed by atoms with Crippen molar-refractivity contribution in [1.29, 1.82) is 0 Å². The number of alkyl halides is 2. The minimum atomic E-state index is -4.36. The highest BCUT2D eigenvalue weighted by atomic mass is 32.2. The number of nitrogens with two attached hydrogens (primary N) is 3. The minimum Gasteiger partial charge on any atom is -0.395 e. The summed E-state index contributed by atoms with van der Waals surface area (Å²) in [7, 11) is -4.36. The third-order valence-corrected chi connectivity index (χ3v) is 2.67. The van der Waals surface area contributed by atoms with Crippen molar-refractivity contribution in [3.05, 3.63) is 11.8 Å². The average Bonchev–Trinajstić information content (AvgIpc) is 2.06. The Hall–Kier alpha value is -1.48. The fraction of sp³-hybridized carbons (Fsp3) is 0.167. The summed E-state index contributed by atoms with van der Waals surface area (Å²) in [4.78, 5) is 2.46. The SMILES string of the molecule is Nc1ncc(C(F)F)c(S(N)(=O)=O)c1N. The van der Waals surface area contributed by atoms with E-state index in [2.05, 4.69) is 4.98 Å². The number of aromatic nitrogens is 1. The molecule has 1 aromatic rings. The van der Waals surface area contributed by atoms with Crippen LogP contribution >= 0.6 is 0 Å². The van der Waals surface area contributed by atoms with Gasteiger partial charge in [-0.05, 0) is 0 Å². The van der Waals surface area contributed by atoms with Crippen LogP contribution in [0.3, 0.4) is 0 Å². The Morgan fingerprint density at radius 2 is 1.87 bits per heavy atom. The highest BCUT2D eigenvalue weighted by molar-refractivity contribution is 7.89. The van der Waals surface area contributed by atoms with Gasteiger partial charge in [0.2, 0.25) is 10.0 Å². The number of primary sulfonamides is 1. The van der Waals surface area contributed by atoms with Crippen LogP contribution in [0.1, 0.15) is 12.0 Å². The second-order valence-electron chi connectivity index (χ2n) is 2.69. The van der Waals surface area contributed by atoms with Gasteiger partial charge in [0.05, 0.1) is 11.3 Å². The molecule has 1 aromatic heterocycles. The Kier molecular flexibility index (Phi) is 2.77. The molecule has 6 nitrogen and oxygen atoms in total. The first-order valence-corrected chi connectivity index (χ1v) is 5.14. The van der Waals surface area contributed by atoms with E-state index in [0.717, 1.165) is 0 Å². The lowest BCUT2D eigenvalue weighted by atomic mass is 10.2. The molecular formula is C6H8F2N4O2S. The number of nitrogen functional groups attached to an aromatic ring is 2. The van der Waals surface area contributed by atoms with Crippen LogP contribution < -0.4 is 16.6 Å². The molecule has 9 heteroatoms. The zero-order valence-electron chi connectivity index (χ0n) is 7.31. The maximum absolute atomic E-state index is 12.4. The number of halogens is 2. The molecule has 0 fully saturated rings. The van der Waals surface area contributed by atoms with Crippen LogP contribution in [-0.2, 0) is 10.0 Å². The molecule has 84 valence electrons. The summed E-state index contributed by atoms with van der Waals surface area (Å²) >= 11 is 0. The van der Waals surface area contributed by atoms with E-state index in [-0.39, 0.29) is 5.82 Å². The second-order valence-corrected chi connectivity index (χ2v) is 4.19. The highest BCUT2D eigenvalue weighted by Gasteiger charge is 2.25. The first-order valence-electron chi connectivity index (χ1n) is 3.60. The van der Waals surface area contributed by atoms with Gasteiger partial charge in [0.1, 0.15) is 10.7 Å². The van der Waals surface area contributed by atoms with Crippen molar-refractivity contribution in [2.24, 2.45) is 5.14 Å². The van der Waals surface area contributed by atoms with Gasteiger partial charge < -0.3 is 11.5 Å². The number of hydrogen-bond donors (Lipinski definition) is 3. The number of sulfonamides is 1. The van der Waals surface area contributed by atoms with Gasteiger partial charge in [-0.15, -0.1) is 0 Å². The Bertz CT molecular complexity index is 488. The van der Waals surface area contributed by atoms with E-state index in [1.54, 1.807) is 0 Å². The molecule has 0 radical (unpaired) electrons. The van der Waals surface area contributed by atoms with Crippen LogP contribution in [0, 0.1) is 0 Å². The van der Waals surface area contributed by atoms with Crippen LogP contribution in [0.15, 0.2) is 11.1 Å². The van der Waals surface area contributed by atoms with Crippen molar-refractivity contribution in [3.63, 3.8) is 0 Å². The van der Waals surface area contributed by atoms with Crippen molar-refractivity contribution in [2.45, 2.75) is 11.3 Å². The van der Waals surface area contributed by atoms with Crippen molar-refractivity contribution < 1.29 is 17.2 Å². The van der Waals surface area contributed by atoms with E-state index < -0.39 is 32.6 Å². The molecule has 1 rings (SSSR count). The lowest BCUT2D eigenvalue weighted by Gasteiger charge is -2.10. The Morgan fingerprint density at radius 3 is 2.27 bits per heavy atom. The second kappa shape index (κ2) is 3.59. The topological polar surface area (TPSA) is 125 Å². The van der Waals surface area contributed by atoms with Gasteiger partial charge in [0.25, 0.3) is 6.43 Å². The molecule has 6 N–H and O–H groups in total. The minimum absolute atomic E-state index is 0.358. The fourth-order valence-electron chi connectivity index (χ4n) is 1.01. The molecule has 0 atom stereocenters. The maximum atomic E-state index is 12.4. The first kappa shape index (κ1) is 11.6. The fourth-order valence-corrected chi connectivity index (χ4v) is 1.89. The van der Waals surface area contributed by atoms with Gasteiger partial charge in [-0.1, -0.05) is 0 Å². The molecule has 1 heterocycles. The van der Waals surface area contributed by atoms with Crippen LogP contribution in [-0.4, -0.2) is 13.4 Å². The van der Waals surface area contributed by atoms with Crippen LogP contribution in [0.4, 0.5) is 20.3 Å². The summed E-state index contributed by atoms with van der Waals surface area (Å²) < 4.78 is 46.9. The van der Waals surface area contributed by atoms with Crippen LogP contribution in [0.25, 0.3) is 0 Å². The lowest BCUT2D eigenvalue weighted by molar-refractivity contribution is 0.147. The number of nitrogens with zero attached hydrogens (tertiary/aromatic N) is 1. The van der Waals surface area contributed by atoms with E-state index >= 15 is 0 Å². The smallest absolute Gasteiger partial charge is 0.266 e. The summed E-state index contributed by atoms with van der Waals surface area (Å²) in [6.45, 7) is 0. The average molecular weight is 238 g/mol. The number of rotatable bonds is 2. The maximum Gasteiger partial charge on any atom is 0.266 e. The Labute approximate surface area is 84.1 Å². The number of pyridine rings is 1. The lowest BCUT2D eigenvalue weighted by Crippen LogP contribution is -2.18. The largest absolute Gasteiger partial charge is 0.395 e. The third kappa shape index (κ3) is 2.13. The number of hydrogen-bond acceptors (Lipinski definition) is 5. The Morgan fingerprint density at radius 1 is 1.33 bits per heavy atom.